The molecule has 2 aromatic carbocycles. The quantitative estimate of drug-likeness (QED) is 0.536. The zero-order chi connectivity index (χ0) is 20.1. The Hall–Kier alpha value is -2.01. The Balaban J connectivity index is 1.65. The van der Waals surface area contributed by atoms with E-state index >= 15 is 0 Å². The molecule has 0 atom stereocenters. The van der Waals surface area contributed by atoms with Crippen molar-refractivity contribution in [1.29, 1.82) is 0 Å². The molecule has 1 heterocycles. The number of amidine groups is 1. The van der Waals surface area contributed by atoms with Gasteiger partial charge >= 0.3 is 0 Å². The lowest BCUT2D eigenvalue weighted by Crippen LogP contribution is -2.48. The molecule has 1 aliphatic rings. The van der Waals surface area contributed by atoms with E-state index in [1.807, 2.05) is 30.3 Å². The zero-order valence-corrected chi connectivity index (χ0v) is 17.8. The summed E-state index contributed by atoms with van der Waals surface area (Å²) in [6, 6.07) is 14.0. The lowest BCUT2D eigenvalue weighted by Gasteiger charge is -2.38. The molecule has 0 bridgehead atoms. The van der Waals surface area contributed by atoms with Gasteiger partial charge in [0.25, 0.3) is 0 Å². The van der Waals surface area contributed by atoms with Gasteiger partial charge in [-0.2, -0.15) is 0 Å². The molecule has 2 aromatic rings. The van der Waals surface area contributed by atoms with Crippen molar-refractivity contribution in [2.75, 3.05) is 31.1 Å². The van der Waals surface area contributed by atoms with Gasteiger partial charge in [0, 0.05) is 48.0 Å². The van der Waals surface area contributed by atoms with Crippen LogP contribution in [0.5, 0.6) is 0 Å². The first-order valence-electron chi connectivity index (χ1n) is 9.49. The van der Waals surface area contributed by atoms with Crippen molar-refractivity contribution in [1.82, 2.24) is 4.90 Å². The first kappa shape index (κ1) is 20.7. The highest BCUT2D eigenvalue weighted by Gasteiger charge is 2.19. The maximum absolute atomic E-state index is 6.51. The highest BCUT2D eigenvalue weighted by molar-refractivity contribution is 6.32. The van der Waals surface area contributed by atoms with Crippen molar-refractivity contribution >= 4 is 46.5 Å². The monoisotopic (exact) mass is 416 g/mol. The molecule has 6 heteroatoms. The molecule has 0 unspecified atom stereocenters. The Morgan fingerprint density at radius 3 is 2.32 bits per heavy atom. The fraction of sp³-hybridized carbons (Fsp3) is 0.318. The molecule has 4 nitrogen and oxygen atoms in total. The number of benzene rings is 2. The number of rotatable bonds is 5. The SMILES string of the molecule is CC(C)N1CCN(c2ccc(C=CC(N)=Nc3ccc(Cl)cc3)c(Cl)c2)CC1. The van der Waals surface area contributed by atoms with E-state index in [-0.39, 0.29) is 0 Å². The van der Waals surface area contributed by atoms with Crippen LogP contribution in [0.25, 0.3) is 6.08 Å². The Labute approximate surface area is 177 Å². The van der Waals surface area contributed by atoms with Gasteiger partial charge in [-0.1, -0.05) is 29.3 Å². The molecule has 0 spiro atoms. The summed E-state index contributed by atoms with van der Waals surface area (Å²) in [5.41, 5.74) is 8.84. The van der Waals surface area contributed by atoms with Gasteiger partial charge in [-0.3, -0.25) is 4.90 Å². The fourth-order valence-corrected chi connectivity index (χ4v) is 3.59. The van der Waals surface area contributed by atoms with Gasteiger partial charge in [0.15, 0.2) is 0 Å². The van der Waals surface area contributed by atoms with Crippen molar-refractivity contribution in [3.63, 3.8) is 0 Å². The second kappa shape index (κ2) is 9.46. The summed E-state index contributed by atoms with van der Waals surface area (Å²) in [7, 11) is 0. The predicted molar refractivity (Wildman–Crippen MR) is 122 cm³/mol. The van der Waals surface area contributed by atoms with Gasteiger partial charge in [0.2, 0.25) is 0 Å². The summed E-state index contributed by atoms with van der Waals surface area (Å²) >= 11 is 12.4. The van der Waals surface area contributed by atoms with Crippen LogP contribution in [-0.2, 0) is 0 Å². The molecule has 1 saturated heterocycles. The van der Waals surface area contributed by atoms with Gasteiger partial charge in [0.05, 0.1) is 5.69 Å². The van der Waals surface area contributed by atoms with Gasteiger partial charge in [-0.05, 0) is 68.0 Å². The third-order valence-corrected chi connectivity index (χ3v) is 5.49. The molecule has 28 heavy (non-hydrogen) atoms. The van der Waals surface area contributed by atoms with E-state index in [1.54, 1.807) is 18.2 Å². The lowest BCUT2D eigenvalue weighted by atomic mass is 10.1. The van der Waals surface area contributed by atoms with Crippen LogP contribution in [0.1, 0.15) is 19.4 Å². The van der Waals surface area contributed by atoms with Gasteiger partial charge < -0.3 is 10.6 Å². The number of halogens is 2. The van der Waals surface area contributed by atoms with Crippen molar-refractivity contribution in [2.45, 2.75) is 19.9 Å². The van der Waals surface area contributed by atoms with Crippen molar-refractivity contribution < 1.29 is 0 Å². The van der Waals surface area contributed by atoms with E-state index in [1.165, 1.54) is 0 Å². The summed E-state index contributed by atoms with van der Waals surface area (Å²) in [6.07, 6.45) is 3.65. The average molecular weight is 417 g/mol. The first-order chi connectivity index (χ1) is 13.4. The van der Waals surface area contributed by atoms with Gasteiger partial charge in [-0.15, -0.1) is 0 Å². The Bertz CT molecular complexity index is 851. The minimum Gasteiger partial charge on any atom is -0.384 e. The molecule has 0 amide bonds. The highest BCUT2D eigenvalue weighted by Crippen LogP contribution is 2.26. The molecule has 1 aliphatic heterocycles. The molecule has 0 aliphatic carbocycles. The van der Waals surface area contributed by atoms with Crippen molar-refractivity contribution in [2.24, 2.45) is 10.7 Å². The topological polar surface area (TPSA) is 44.9 Å². The maximum Gasteiger partial charge on any atom is 0.124 e. The predicted octanol–water partition coefficient (Wildman–Crippen LogP) is 5.23. The molecule has 2 N–H and O–H groups in total. The van der Waals surface area contributed by atoms with Crippen LogP contribution in [0.15, 0.2) is 53.5 Å². The second-order valence-corrected chi connectivity index (χ2v) is 8.01. The average Bonchev–Trinajstić information content (AvgIpc) is 2.69. The largest absolute Gasteiger partial charge is 0.384 e. The normalized spacial score (nSPS) is 16.3. The Kier molecular flexibility index (Phi) is 7.00. The van der Waals surface area contributed by atoms with E-state index in [0.29, 0.717) is 21.9 Å². The van der Waals surface area contributed by atoms with Crippen LogP contribution in [0.2, 0.25) is 10.0 Å². The summed E-state index contributed by atoms with van der Waals surface area (Å²) in [5.74, 6) is 0.410. The van der Waals surface area contributed by atoms with Crippen molar-refractivity contribution in [3.05, 3.63) is 64.1 Å². The standard InChI is InChI=1S/C22H26Cl2N4/c1-16(2)27-11-13-28(14-12-27)20-9-3-17(21(24)15-20)4-10-22(25)26-19-7-5-18(23)6-8-19/h3-10,15-16H,11-14H2,1-2H3,(H2,25,26). The van der Waals surface area contributed by atoms with Crippen LogP contribution in [0.4, 0.5) is 11.4 Å². The van der Waals surface area contributed by atoms with E-state index in [2.05, 4.69) is 34.7 Å². The summed E-state index contributed by atoms with van der Waals surface area (Å²) < 4.78 is 0. The molecule has 0 radical (unpaired) electrons. The first-order valence-corrected chi connectivity index (χ1v) is 10.2. The highest BCUT2D eigenvalue weighted by atomic mass is 35.5. The molecule has 0 aromatic heterocycles. The van der Waals surface area contributed by atoms with Crippen LogP contribution in [0.3, 0.4) is 0 Å². The minimum absolute atomic E-state index is 0.410. The third-order valence-electron chi connectivity index (χ3n) is 4.91. The summed E-state index contributed by atoms with van der Waals surface area (Å²) in [5, 5.41) is 1.38. The van der Waals surface area contributed by atoms with Crippen LogP contribution >= 0.6 is 23.2 Å². The smallest absolute Gasteiger partial charge is 0.124 e. The summed E-state index contributed by atoms with van der Waals surface area (Å²) in [6.45, 7) is 8.68. The van der Waals surface area contributed by atoms with Gasteiger partial charge in [0.1, 0.15) is 5.84 Å². The van der Waals surface area contributed by atoms with E-state index in [0.717, 1.165) is 43.1 Å². The van der Waals surface area contributed by atoms with Crippen LogP contribution in [-0.4, -0.2) is 43.0 Å². The molecular weight excluding hydrogens is 391 g/mol. The van der Waals surface area contributed by atoms with E-state index in [4.69, 9.17) is 28.9 Å². The zero-order valence-electron chi connectivity index (χ0n) is 16.3. The molecule has 3 rings (SSSR count). The third kappa shape index (κ3) is 5.51. The van der Waals surface area contributed by atoms with Crippen LogP contribution < -0.4 is 10.6 Å². The number of anilines is 1. The molecule has 148 valence electrons. The number of nitrogens with zero attached hydrogens (tertiary/aromatic N) is 3. The second-order valence-electron chi connectivity index (χ2n) is 7.17. The number of aliphatic imine (C=N–C) groups is 1. The van der Waals surface area contributed by atoms with Crippen molar-refractivity contribution in [3.8, 4) is 0 Å². The summed E-state index contributed by atoms with van der Waals surface area (Å²) in [4.78, 5) is 9.23. The Morgan fingerprint density at radius 2 is 1.71 bits per heavy atom. The van der Waals surface area contributed by atoms with Gasteiger partial charge in [-0.25, -0.2) is 4.99 Å². The molecule has 1 fully saturated rings. The number of hydrogen-bond donors (Lipinski definition) is 1. The molecular formula is C22H26Cl2N4. The van der Waals surface area contributed by atoms with E-state index in [9.17, 15) is 0 Å². The fourth-order valence-electron chi connectivity index (χ4n) is 3.22. The van der Waals surface area contributed by atoms with Crippen LogP contribution in [0, 0.1) is 0 Å². The number of nitrogens with two attached hydrogens (primary N) is 1. The van der Waals surface area contributed by atoms with E-state index < -0.39 is 0 Å². The number of hydrogen-bond acceptors (Lipinski definition) is 3. The minimum atomic E-state index is 0.410. The maximum atomic E-state index is 6.51. The number of piperazine rings is 1. The lowest BCUT2D eigenvalue weighted by molar-refractivity contribution is 0.209. The molecule has 0 saturated carbocycles. The Morgan fingerprint density at radius 1 is 1.04 bits per heavy atom.